The van der Waals surface area contributed by atoms with Crippen molar-refractivity contribution in [2.45, 2.75) is 13.3 Å². The molecule has 1 nitrogen and oxygen atoms in total. The summed E-state index contributed by atoms with van der Waals surface area (Å²) in [6.07, 6.45) is 0.761. The Labute approximate surface area is 85.7 Å². The van der Waals surface area contributed by atoms with Gasteiger partial charge in [-0.3, -0.25) is 0 Å². The fourth-order valence-electron chi connectivity index (χ4n) is 1.13. The predicted molar refractivity (Wildman–Crippen MR) is 54.1 cm³/mol. The van der Waals surface area contributed by atoms with E-state index in [1.165, 1.54) is 12.1 Å². The van der Waals surface area contributed by atoms with Gasteiger partial charge in [0.15, 0.2) is 0 Å². The number of rotatable bonds is 3. The number of hydrogen-bond donors (Lipinski definition) is 1. The molecule has 72 valence electrons. The first-order valence-corrected chi connectivity index (χ1v) is 4.97. The SMILES string of the molecule is CC(CO)Cc1ccc(F)cc1Br. The molecule has 0 aliphatic rings. The van der Waals surface area contributed by atoms with Crippen LogP contribution in [0.25, 0.3) is 0 Å². The third-order valence-electron chi connectivity index (χ3n) is 1.90. The van der Waals surface area contributed by atoms with E-state index in [0.717, 1.165) is 16.5 Å². The van der Waals surface area contributed by atoms with Gasteiger partial charge < -0.3 is 5.11 Å². The molecule has 1 rings (SSSR count). The molecule has 0 heterocycles. The second-order valence-electron chi connectivity index (χ2n) is 3.23. The van der Waals surface area contributed by atoms with Crippen LogP contribution < -0.4 is 0 Å². The van der Waals surface area contributed by atoms with Gasteiger partial charge in [-0.2, -0.15) is 0 Å². The average Bonchev–Trinajstić information content (AvgIpc) is 2.09. The van der Waals surface area contributed by atoms with Gasteiger partial charge in [0.05, 0.1) is 0 Å². The summed E-state index contributed by atoms with van der Waals surface area (Å²) < 4.78 is 13.5. The Morgan fingerprint density at radius 2 is 2.23 bits per heavy atom. The minimum absolute atomic E-state index is 0.157. The monoisotopic (exact) mass is 246 g/mol. The molecule has 13 heavy (non-hydrogen) atoms. The minimum Gasteiger partial charge on any atom is -0.396 e. The van der Waals surface area contributed by atoms with Crippen LogP contribution in [0.2, 0.25) is 0 Å². The minimum atomic E-state index is -0.243. The second-order valence-corrected chi connectivity index (χ2v) is 4.08. The molecule has 1 aromatic carbocycles. The van der Waals surface area contributed by atoms with E-state index in [0.29, 0.717) is 0 Å². The highest BCUT2D eigenvalue weighted by Gasteiger charge is 2.06. The van der Waals surface area contributed by atoms with Gasteiger partial charge in [0, 0.05) is 11.1 Å². The number of hydrogen-bond acceptors (Lipinski definition) is 1. The number of aliphatic hydroxyl groups excluding tert-OH is 1. The number of benzene rings is 1. The molecule has 1 N–H and O–H groups in total. The molecule has 0 aliphatic heterocycles. The topological polar surface area (TPSA) is 20.2 Å². The molecule has 0 fully saturated rings. The Bertz CT molecular complexity index is 288. The Hall–Kier alpha value is -0.410. The van der Waals surface area contributed by atoms with Gasteiger partial charge in [-0.1, -0.05) is 28.9 Å². The standard InChI is InChI=1S/C10H12BrFO/c1-7(6-13)4-8-2-3-9(12)5-10(8)11/h2-3,5,7,13H,4,6H2,1H3. The normalized spacial score (nSPS) is 12.9. The highest BCUT2D eigenvalue weighted by atomic mass is 79.9. The Kier molecular flexibility index (Phi) is 3.88. The van der Waals surface area contributed by atoms with E-state index < -0.39 is 0 Å². The van der Waals surface area contributed by atoms with Gasteiger partial charge in [-0.05, 0) is 30.0 Å². The molecular weight excluding hydrogens is 235 g/mol. The van der Waals surface area contributed by atoms with Crippen molar-refractivity contribution in [3.63, 3.8) is 0 Å². The highest BCUT2D eigenvalue weighted by molar-refractivity contribution is 9.10. The van der Waals surface area contributed by atoms with Crippen LogP contribution in [-0.2, 0) is 6.42 Å². The van der Waals surface area contributed by atoms with Gasteiger partial charge in [0.25, 0.3) is 0 Å². The van der Waals surface area contributed by atoms with Crippen LogP contribution in [0.5, 0.6) is 0 Å². The number of aliphatic hydroxyl groups is 1. The lowest BCUT2D eigenvalue weighted by atomic mass is 10.0. The first kappa shape index (κ1) is 10.7. The zero-order valence-corrected chi connectivity index (χ0v) is 9.01. The van der Waals surface area contributed by atoms with Crippen molar-refractivity contribution in [3.05, 3.63) is 34.1 Å². The third-order valence-corrected chi connectivity index (χ3v) is 2.63. The molecule has 3 heteroatoms. The Morgan fingerprint density at radius 1 is 1.54 bits per heavy atom. The summed E-state index contributed by atoms with van der Waals surface area (Å²) in [6.45, 7) is 2.11. The molecule has 0 radical (unpaired) electrons. The van der Waals surface area contributed by atoms with Crippen molar-refractivity contribution in [1.82, 2.24) is 0 Å². The summed E-state index contributed by atoms with van der Waals surface area (Å²) in [5, 5.41) is 8.85. The van der Waals surface area contributed by atoms with E-state index in [9.17, 15) is 4.39 Å². The maximum atomic E-state index is 12.7. The zero-order valence-electron chi connectivity index (χ0n) is 7.43. The maximum absolute atomic E-state index is 12.7. The fourth-order valence-corrected chi connectivity index (χ4v) is 1.64. The molecule has 0 saturated heterocycles. The molecule has 1 unspecified atom stereocenters. The lowest BCUT2D eigenvalue weighted by Gasteiger charge is -2.09. The van der Waals surface area contributed by atoms with E-state index in [1.54, 1.807) is 6.07 Å². The van der Waals surface area contributed by atoms with Gasteiger partial charge in [-0.15, -0.1) is 0 Å². The maximum Gasteiger partial charge on any atom is 0.124 e. The molecule has 0 bridgehead atoms. The van der Waals surface area contributed by atoms with Crippen LogP contribution in [0, 0.1) is 11.7 Å². The Balaban J connectivity index is 2.77. The first-order chi connectivity index (χ1) is 6.13. The van der Waals surface area contributed by atoms with Crippen LogP contribution in [0.15, 0.2) is 22.7 Å². The molecule has 1 atom stereocenters. The summed E-state index contributed by atoms with van der Waals surface area (Å²) >= 11 is 3.28. The van der Waals surface area contributed by atoms with Gasteiger partial charge in [-0.25, -0.2) is 4.39 Å². The molecule has 0 aliphatic carbocycles. The van der Waals surface area contributed by atoms with Crippen molar-refractivity contribution in [2.24, 2.45) is 5.92 Å². The van der Waals surface area contributed by atoms with Crippen LogP contribution in [0.4, 0.5) is 4.39 Å². The highest BCUT2D eigenvalue weighted by Crippen LogP contribution is 2.20. The van der Waals surface area contributed by atoms with Gasteiger partial charge in [0.2, 0.25) is 0 Å². The quantitative estimate of drug-likeness (QED) is 0.870. The molecule has 1 aromatic rings. The summed E-state index contributed by atoms with van der Waals surface area (Å²) in [7, 11) is 0. The largest absolute Gasteiger partial charge is 0.396 e. The zero-order chi connectivity index (χ0) is 9.84. The average molecular weight is 247 g/mol. The summed E-state index contributed by atoms with van der Waals surface area (Å²) in [4.78, 5) is 0. The third kappa shape index (κ3) is 3.08. The van der Waals surface area contributed by atoms with Crippen molar-refractivity contribution in [3.8, 4) is 0 Å². The molecular formula is C10H12BrFO. The van der Waals surface area contributed by atoms with E-state index >= 15 is 0 Å². The number of halogens is 2. The first-order valence-electron chi connectivity index (χ1n) is 4.18. The van der Waals surface area contributed by atoms with Crippen LogP contribution in [0.1, 0.15) is 12.5 Å². The Morgan fingerprint density at radius 3 is 2.77 bits per heavy atom. The molecule has 0 amide bonds. The van der Waals surface area contributed by atoms with Gasteiger partial charge >= 0.3 is 0 Å². The lowest BCUT2D eigenvalue weighted by Crippen LogP contribution is -2.05. The molecule has 0 saturated carbocycles. The van der Waals surface area contributed by atoms with Crippen LogP contribution >= 0.6 is 15.9 Å². The van der Waals surface area contributed by atoms with Crippen molar-refractivity contribution in [1.29, 1.82) is 0 Å². The summed E-state index contributed by atoms with van der Waals surface area (Å²) in [5.74, 6) is -0.0333. The molecule has 0 spiro atoms. The van der Waals surface area contributed by atoms with Crippen molar-refractivity contribution >= 4 is 15.9 Å². The predicted octanol–water partition coefficient (Wildman–Crippen LogP) is 2.76. The fraction of sp³-hybridized carbons (Fsp3) is 0.400. The summed E-state index contributed by atoms with van der Waals surface area (Å²) in [5.41, 5.74) is 1.03. The summed E-state index contributed by atoms with van der Waals surface area (Å²) in [6, 6.07) is 4.62. The van der Waals surface area contributed by atoms with E-state index in [4.69, 9.17) is 5.11 Å². The lowest BCUT2D eigenvalue weighted by molar-refractivity contribution is 0.237. The van der Waals surface area contributed by atoms with Crippen LogP contribution in [-0.4, -0.2) is 11.7 Å². The van der Waals surface area contributed by atoms with E-state index in [1.807, 2.05) is 6.92 Å². The van der Waals surface area contributed by atoms with Crippen LogP contribution in [0.3, 0.4) is 0 Å². The van der Waals surface area contributed by atoms with E-state index in [-0.39, 0.29) is 18.3 Å². The van der Waals surface area contributed by atoms with E-state index in [2.05, 4.69) is 15.9 Å². The van der Waals surface area contributed by atoms with Crippen molar-refractivity contribution in [2.75, 3.05) is 6.61 Å². The molecule has 0 aromatic heterocycles. The smallest absolute Gasteiger partial charge is 0.124 e. The van der Waals surface area contributed by atoms with Gasteiger partial charge in [0.1, 0.15) is 5.82 Å². The second kappa shape index (κ2) is 4.72. The van der Waals surface area contributed by atoms with Crippen molar-refractivity contribution < 1.29 is 9.50 Å².